The average Bonchev–Trinajstić information content (AvgIpc) is 3.57. The number of benzene rings is 1. The summed E-state index contributed by atoms with van der Waals surface area (Å²) in [6.45, 7) is 11.9. The Balaban J connectivity index is 1.54. The Labute approximate surface area is 238 Å². The van der Waals surface area contributed by atoms with Crippen LogP contribution in [0.1, 0.15) is 122 Å². The van der Waals surface area contributed by atoms with Crippen molar-refractivity contribution in [3.05, 3.63) is 41.3 Å². The van der Waals surface area contributed by atoms with E-state index in [0.717, 1.165) is 48.5 Å². The maximum Gasteiger partial charge on any atom is 0.240 e. The lowest BCUT2D eigenvalue weighted by atomic mass is 9.89. The number of likely N-dealkylation sites (tertiary alicyclic amines) is 1. The van der Waals surface area contributed by atoms with Gasteiger partial charge in [-0.3, -0.25) is 4.79 Å². The van der Waals surface area contributed by atoms with Gasteiger partial charge in [0.25, 0.3) is 0 Å². The smallest absolute Gasteiger partial charge is 0.240 e. The van der Waals surface area contributed by atoms with Crippen molar-refractivity contribution >= 4 is 5.91 Å². The van der Waals surface area contributed by atoms with Gasteiger partial charge >= 0.3 is 0 Å². The van der Waals surface area contributed by atoms with E-state index >= 15 is 0 Å². The zero-order valence-corrected chi connectivity index (χ0v) is 25.4. The van der Waals surface area contributed by atoms with Crippen LogP contribution in [0.3, 0.4) is 0 Å². The van der Waals surface area contributed by atoms with Crippen molar-refractivity contribution in [2.75, 3.05) is 13.6 Å². The van der Waals surface area contributed by atoms with Crippen LogP contribution in [0, 0.1) is 23.7 Å². The van der Waals surface area contributed by atoms with E-state index in [4.69, 9.17) is 11.4 Å². The molecule has 1 saturated heterocycles. The molecule has 1 fully saturated rings. The number of aromatic nitrogens is 2. The van der Waals surface area contributed by atoms with E-state index in [2.05, 4.69) is 69.0 Å². The number of aryl methyl sites for hydroxylation is 1. The number of imidazole rings is 1. The maximum absolute atomic E-state index is 13.2. The molecule has 2 atom stereocenters. The number of terminal acetylenes is 1. The first-order valence-corrected chi connectivity index (χ1v) is 15.3. The predicted molar refractivity (Wildman–Crippen MR) is 163 cm³/mol. The number of amides is 1. The van der Waals surface area contributed by atoms with E-state index < -0.39 is 0 Å². The minimum Gasteiger partial charge on any atom is -0.340 e. The van der Waals surface area contributed by atoms with Gasteiger partial charge in [-0.15, -0.1) is 6.42 Å². The van der Waals surface area contributed by atoms with E-state index in [9.17, 15) is 4.79 Å². The monoisotopic (exact) mass is 532 g/mol. The maximum atomic E-state index is 13.2. The lowest BCUT2D eigenvalue weighted by Gasteiger charge is -2.29. The van der Waals surface area contributed by atoms with Crippen LogP contribution in [0.15, 0.2) is 24.4 Å². The number of hydrogen-bond donors (Lipinski definition) is 2. The molecule has 1 amide bonds. The van der Waals surface area contributed by atoms with Gasteiger partial charge in [-0.2, -0.15) is 0 Å². The second-order valence-electron chi connectivity index (χ2n) is 12.9. The lowest BCUT2D eigenvalue weighted by molar-refractivity contribution is -0.135. The van der Waals surface area contributed by atoms with Crippen molar-refractivity contribution in [2.45, 2.75) is 117 Å². The van der Waals surface area contributed by atoms with E-state index in [1.165, 1.54) is 56.9 Å². The van der Waals surface area contributed by atoms with E-state index in [1.807, 2.05) is 18.1 Å². The molecular weight excluding hydrogens is 480 g/mol. The summed E-state index contributed by atoms with van der Waals surface area (Å²) < 4.78 is 0. The van der Waals surface area contributed by atoms with Gasteiger partial charge in [0, 0.05) is 17.7 Å². The Morgan fingerprint density at radius 1 is 1.15 bits per heavy atom. The largest absolute Gasteiger partial charge is 0.340 e. The zero-order chi connectivity index (χ0) is 28.4. The SMILES string of the molecule is C#Cc1cc(CCCCCCCCCC(C)(C)C)ccc1-c1cnc(C2CCCN2C(=O)C(NC)C(C)C)[nH]1. The highest BCUT2D eigenvalue weighted by molar-refractivity contribution is 5.82. The van der Waals surface area contributed by atoms with Crippen molar-refractivity contribution in [1.29, 1.82) is 0 Å². The highest BCUT2D eigenvalue weighted by Crippen LogP contribution is 2.33. The number of aromatic amines is 1. The van der Waals surface area contributed by atoms with Crippen molar-refractivity contribution in [3.8, 4) is 23.6 Å². The van der Waals surface area contributed by atoms with Crippen LogP contribution in [0.4, 0.5) is 0 Å². The summed E-state index contributed by atoms with van der Waals surface area (Å²) in [7, 11) is 1.86. The van der Waals surface area contributed by atoms with Crippen LogP contribution in [0.2, 0.25) is 0 Å². The van der Waals surface area contributed by atoms with E-state index in [1.54, 1.807) is 0 Å². The molecule has 5 nitrogen and oxygen atoms in total. The van der Waals surface area contributed by atoms with Gasteiger partial charge in [-0.05, 0) is 62.1 Å². The fourth-order valence-electron chi connectivity index (χ4n) is 5.85. The summed E-state index contributed by atoms with van der Waals surface area (Å²) >= 11 is 0. The van der Waals surface area contributed by atoms with Gasteiger partial charge in [0.2, 0.25) is 5.91 Å². The standard InChI is InChI=1S/C34H52N4O/c1-8-27-23-26(17-14-12-10-9-11-13-15-21-34(4,5)6)19-20-28(27)29-24-36-32(37-29)30-18-16-22-38(30)33(39)31(35-7)25(2)3/h1,19-20,23-25,30-31,35H,9-18,21-22H2,2-7H3,(H,36,37). The Morgan fingerprint density at radius 2 is 1.85 bits per heavy atom. The third-order valence-corrected chi connectivity index (χ3v) is 8.11. The highest BCUT2D eigenvalue weighted by Gasteiger charge is 2.36. The fraction of sp³-hybridized carbons (Fsp3) is 0.647. The van der Waals surface area contributed by atoms with Crippen LogP contribution in [0.25, 0.3) is 11.3 Å². The molecule has 214 valence electrons. The van der Waals surface area contributed by atoms with Crippen molar-refractivity contribution < 1.29 is 4.79 Å². The molecule has 1 aromatic carbocycles. The summed E-state index contributed by atoms with van der Waals surface area (Å²) in [5, 5.41) is 3.19. The van der Waals surface area contributed by atoms with Crippen molar-refractivity contribution in [1.82, 2.24) is 20.2 Å². The van der Waals surface area contributed by atoms with Gasteiger partial charge in [0.1, 0.15) is 5.82 Å². The Bertz CT molecular complexity index is 1090. The van der Waals surface area contributed by atoms with Gasteiger partial charge < -0.3 is 15.2 Å². The first kappa shape index (κ1) is 31.0. The normalized spacial score (nSPS) is 16.6. The van der Waals surface area contributed by atoms with E-state index in [0.29, 0.717) is 5.41 Å². The molecule has 0 aliphatic carbocycles. The number of rotatable bonds is 14. The second kappa shape index (κ2) is 14.7. The topological polar surface area (TPSA) is 61.0 Å². The lowest BCUT2D eigenvalue weighted by Crippen LogP contribution is -2.47. The number of H-pyrrole nitrogens is 1. The molecule has 0 saturated carbocycles. The number of likely N-dealkylation sites (N-methyl/N-ethyl adjacent to an activating group) is 1. The van der Waals surface area contributed by atoms with Gasteiger partial charge in [-0.1, -0.05) is 91.2 Å². The minimum atomic E-state index is -0.181. The summed E-state index contributed by atoms with van der Waals surface area (Å²) in [6.07, 6.45) is 21.3. The van der Waals surface area contributed by atoms with Crippen LogP contribution >= 0.6 is 0 Å². The zero-order valence-electron chi connectivity index (χ0n) is 25.4. The first-order valence-electron chi connectivity index (χ1n) is 15.3. The number of hydrogen-bond acceptors (Lipinski definition) is 3. The molecular formula is C34H52N4O. The third-order valence-electron chi connectivity index (χ3n) is 8.11. The fourth-order valence-corrected chi connectivity index (χ4v) is 5.85. The van der Waals surface area contributed by atoms with Crippen molar-refractivity contribution in [3.63, 3.8) is 0 Å². The minimum absolute atomic E-state index is 0.0205. The number of nitrogens with one attached hydrogen (secondary N) is 2. The Kier molecular flexibility index (Phi) is 11.7. The quantitative estimate of drug-likeness (QED) is 0.194. The number of unbranched alkanes of at least 4 members (excludes halogenated alkanes) is 6. The molecule has 2 aromatic rings. The number of carbonyl (C=O) groups excluding carboxylic acids is 1. The Morgan fingerprint density at radius 3 is 2.49 bits per heavy atom. The highest BCUT2D eigenvalue weighted by atomic mass is 16.2. The van der Waals surface area contributed by atoms with Gasteiger partial charge in [0.05, 0.1) is 24.0 Å². The van der Waals surface area contributed by atoms with Crippen molar-refractivity contribution in [2.24, 2.45) is 11.3 Å². The molecule has 1 aromatic heterocycles. The molecule has 2 N–H and O–H groups in total. The summed E-state index contributed by atoms with van der Waals surface area (Å²) in [6, 6.07) is 6.29. The molecule has 0 radical (unpaired) electrons. The molecule has 39 heavy (non-hydrogen) atoms. The molecule has 1 aliphatic rings. The second-order valence-corrected chi connectivity index (χ2v) is 12.9. The van der Waals surface area contributed by atoms with Crippen LogP contribution in [-0.4, -0.2) is 40.4 Å². The molecule has 3 rings (SSSR count). The predicted octanol–water partition coefficient (Wildman–Crippen LogP) is 7.67. The van der Waals surface area contributed by atoms with Crippen LogP contribution in [0.5, 0.6) is 0 Å². The van der Waals surface area contributed by atoms with Gasteiger partial charge in [0.15, 0.2) is 0 Å². The summed E-state index contributed by atoms with van der Waals surface area (Å²) in [5.41, 5.74) is 4.59. The molecule has 2 unspecified atom stereocenters. The van der Waals surface area contributed by atoms with Crippen LogP contribution < -0.4 is 5.32 Å². The van der Waals surface area contributed by atoms with Crippen LogP contribution in [-0.2, 0) is 11.2 Å². The Hall–Kier alpha value is -2.58. The average molecular weight is 533 g/mol. The van der Waals surface area contributed by atoms with E-state index in [-0.39, 0.29) is 23.9 Å². The number of carbonyl (C=O) groups is 1. The van der Waals surface area contributed by atoms with Gasteiger partial charge in [-0.25, -0.2) is 4.98 Å². The molecule has 0 bridgehead atoms. The molecule has 0 spiro atoms. The molecule has 5 heteroatoms. The number of nitrogens with zero attached hydrogens (tertiary/aromatic N) is 2. The third kappa shape index (κ3) is 8.97. The summed E-state index contributed by atoms with van der Waals surface area (Å²) in [4.78, 5) is 23.4. The molecule has 1 aliphatic heterocycles. The summed E-state index contributed by atoms with van der Waals surface area (Å²) in [5.74, 6) is 4.13. The molecule has 2 heterocycles. The first-order chi connectivity index (χ1) is 18.6.